The van der Waals surface area contributed by atoms with Gasteiger partial charge in [0.05, 0.1) is 0 Å². The smallest absolute Gasteiger partial charge is 0.0402 e. The molecule has 2 aliphatic rings. The standard InChI is InChI=1S/C17H26N2/c1-13-7-6-8-16(15(13)3)19-12-17(9-4-5-10-17)18-11-14(19)2/h6-8,14,18H,4-5,9-12H2,1-3H3. The normalized spacial score (nSPS) is 26.1. The number of piperazine rings is 1. The van der Waals surface area contributed by atoms with E-state index in [2.05, 4.69) is 49.2 Å². The van der Waals surface area contributed by atoms with Gasteiger partial charge in [0, 0.05) is 30.4 Å². The van der Waals surface area contributed by atoms with Crippen molar-refractivity contribution in [3.05, 3.63) is 29.3 Å². The molecular formula is C17H26N2. The van der Waals surface area contributed by atoms with E-state index in [0.29, 0.717) is 11.6 Å². The Morgan fingerprint density at radius 2 is 1.95 bits per heavy atom. The van der Waals surface area contributed by atoms with Crippen LogP contribution in [0.4, 0.5) is 5.69 Å². The molecule has 1 saturated carbocycles. The van der Waals surface area contributed by atoms with Crippen molar-refractivity contribution in [3.8, 4) is 0 Å². The first-order valence-electron chi connectivity index (χ1n) is 7.69. The maximum atomic E-state index is 3.84. The van der Waals surface area contributed by atoms with Gasteiger partial charge in [-0.05, 0) is 50.8 Å². The highest BCUT2D eigenvalue weighted by molar-refractivity contribution is 5.57. The average Bonchev–Trinajstić information content (AvgIpc) is 2.85. The molecule has 1 unspecified atom stereocenters. The molecule has 3 rings (SSSR count). The minimum absolute atomic E-state index is 0.392. The second kappa shape index (κ2) is 4.82. The Morgan fingerprint density at radius 3 is 2.68 bits per heavy atom. The minimum atomic E-state index is 0.392. The van der Waals surface area contributed by atoms with E-state index in [1.807, 2.05) is 0 Å². The Kier molecular flexibility index (Phi) is 3.30. The number of rotatable bonds is 1. The fourth-order valence-electron chi connectivity index (χ4n) is 3.77. The molecule has 1 heterocycles. The van der Waals surface area contributed by atoms with Crippen molar-refractivity contribution in [2.45, 2.75) is 58.0 Å². The number of benzene rings is 1. The highest BCUT2D eigenvalue weighted by atomic mass is 15.3. The van der Waals surface area contributed by atoms with Gasteiger partial charge in [-0.2, -0.15) is 0 Å². The van der Waals surface area contributed by atoms with Crippen LogP contribution in [-0.2, 0) is 0 Å². The van der Waals surface area contributed by atoms with E-state index in [-0.39, 0.29) is 0 Å². The van der Waals surface area contributed by atoms with E-state index < -0.39 is 0 Å². The summed E-state index contributed by atoms with van der Waals surface area (Å²) in [6.45, 7) is 9.13. The zero-order valence-electron chi connectivity index (χ0n) is 12.5. The topological polar surface area (TPSA) is 15.3 Å². The van der Waals surface area contributed by atoms with Crippen LogP contribution in [0.5, 0.6) is 0 Å². The van der Waals surface area contributed by atoms with E-state index in [1.54, 1.807) is 0 Å². The molecule has 104 valence electrons. The number of nitrogens with one attached hydrogen (secondary N) is 1. The molecule has 19 heavy (non-hydrogen) atoms. The Morgan fingerprint density at radius 1 is 1.21 bits per heavy atom. The Bertz CT molecular complexity index is 460. The van der Waals surface area contributed by atoms with Crippen molar-refractivity contribution in [1.82, 2.24) is 5.32 Å². The molecule has 1 spiro atoms. The second-order valence-corrected chi connectivity index (χ2v) is 6.56. The highest BCUT2D eigenvalue weighted by Gasteiger charge is 2.40. The van der Waals surface area contributed by atoms with Crippen LogP contribution in [0.1, 0.15) is 43.7 Å². The van der Waals surface area contributed by atoms with Gasteiger partial charge >= 0.3 is 0 Å². The molecule has 1 aromatic rings. The fraction of sp³-hybridized carbons (Fsp3) is 0.647. The lowest BCUT2D eigenvalue weighted by Gasteiger charge is -2.47. The van der Waals surface area contributed by atoms with Crippen molar-refractivity contribution in [1.29, 1.82) is 0 Å². The van der Waals surface area contributed by atoms with Crippen LogP contribution in [0.3, 0.4) is 0 Å². The summed E-state index contributed by atoms with van der Waals surface area (Å²) in [5.41, 5.74) is 4.69. The summed E-state index contributed by atoms with van der Waals surface area (Å²) in [7, 11) is 0. The van der Waals surface area contributed by atoms with Gasteiger partial charge in [0.25, 0.3) is 0 Å². The van der Waals surface area contributed by atoms with Crippen molar-refractivity contribution >= 4 is 5.69 Å². The van der Waals surface area contributed by atoms with Crippen molar-refractivity contribution in [3.63, 3.8) is 0 Å². The van der Waals surface area contributed by atoms with E-state index in [9.17, 15) is 0 Å². The number of anilines is 1. The fourth-order valence-corrected chi connectivity index (χ4v) is 3.77. The van der Waals surface area contributed by atoms with E-state index in [0.717, 1.165) is 6.54 Å². The van der Waals surface area contributed by atoms with Crippen molar-refractivity contribution in [2.75, 3.05) is 18.0 Å². The van der Waals surface area contributed by atoms with Gasteiger partial charge in [0.15, 0.2) is 0 Å². The first-order chi connectivity index (χ1) is 9.11. The quantitative estimate of drug-likeness (QED) is 0.830. The number of hydrogen-bond acceptors (Lipinski definition) is 2. The number of nitrogens with zero attached hydrogens (tertiary/aromatic N) is 1. The molecule has 2 fully saturated rings. The Hall–Kier alpha value is -1.02. The van der Waals surface area contributed by atoms with Crippen LogP contribution in [0.25, 0.3) is 0 Å². The third-order valence-electron chi connectivity index (χ3n) is 5.22. The van der Waals surface area contributed by atoms with Gasteiger partial charge < -0.3 is 10.2 Å². The Labute approximate surface area is 117 Å². The van der Waals surface area contributed by atoms with Crippen LogP contribution in [0.15, 0.2) is 18.2 Å². The van der Waals surface area contributed by atoms with Crippen molar-refractivity contribution in [2.24, 2.45) is 0 Å². The van der Waals surface area contributed by atoms with E-state index in [1.165, 1.54) is 49.0 Å². The summed E-state index contributed by atoms with van der Waals surface area (Å²) in [5.74, 6) is 0. The van der Waals surface area contributed by atoms with E-state index >= 15 is 0 Å². The van der Waals surface area contributed by atoms with Crippen LogP contribution < -0.4 is 10.2 Å². The van der Waals surface area contributed by atoms with Crippen LogP contribution >= 0.6 is 0 Å². The molecule has 1 saturated heterocycles. The maximum Gasteiger partial charge on any atom is 0.0402 e. The van der Waals surface area contributed by atoms with Gasteiger partial charge in [-0.15, -0.1) is 0 Å². The molecule has 2 heteroatoms. The predicted octanol–water partition coefficient (Wildman–Crippen LogP) is 3.41. The SMILES string of the molecule is Cc1cccc(N2CC3(CCCC3)NCC2C)c1C. The summed E-state index contributed by atoms with van der Waals surface area (Å²) < 4.78 is 0. The summed E-state index contributed by atoms with van der Waals surface area (Å²) >= 11 is 0. The third kappa shape index (κ3) is 2.27. The molecule has 0 bridgehead atoms. The van der Waals surface area contributed by atoms with E-state index in [4.69, 9.17) is 0 Å². The van der Waals surface area contributed by atoms with Crippen LogP contribution in [0.2, 0.25) is 0 Å². The summed E-state index contributed by atoms with van der Waals surface area (Å²) in [4.78, 5) is 2.64. The average molecular weight is 258 g/mol. The second-order valence-electron chi connectivity index (χ2n) is 6.56. The first-order valence-corrected chi connectivity index (χ1v) is 7.69. The molecule has 1 aromatic carbocycles. The van der Waals surface area contributed by atoms with Gasteiger partial charge in [0.2, 0.25) is 0 Å². The van der Waals surface area contributed by atoms with Gasteiger partial charge in [-0.25, -0.2) is 0 Å². The molecular weight excluding hydrogens is 232 g/mol. The van der Waals surface area contributed by atoms with Crippen molar-refractivity contribution < 1.29 is 0 Å². The lowest BCUT2D eigenvalue weighted by molar-refractivity contribution is 0.276. The van der Waals surface area contributed by atoms with Gasteiger partial charge in [-0.1, -0.05) is 25.0 Å². The molecule has 0 amide bonds. The predicted molar refractivity (Wildman–Crippen MR) is 81.9 cm³/mol. The molecule has 1 aliphatic heterocycles. The van der Waals surface area contributed by atoms with Gasteiger partial charge in [0.1, 0.15) is 0 Å². The summed E-state index contributed by atoms with van der Waals surface area (Å²) in [6, 6.07) is 7.31. The van der Waals surface area contributed by atoms with Gasteiger partial charge in [-0.3, -0.25) is 0 Å². The summed E-state index contributed by atoms with van der Waals surface area (Å²) in [6.07, 6.45) is 5.48. The van der Waals surface area contributed by atoms with Crippen LogP contribution in [0, 0.1) is 13.8 Å². The van der Waals surface area contributed by atoms with Crippen LogP contribution in [-0.4, -0.2) is 24.7 Å². The molecule has 0 radical (unpaired) electrons. The lowest BCUT2D eigenvalue weighted by Crippen LogP contribution is -2.62. The maximum absolute atomic E-state index is 3.84. The largest absolute Gasteiger partial charge is 0.365 e. The zero-order valence-corrected chi connectivity index (χ0v) is 12.5. The minimum Gasteiger partial charge on any atom is -0.365 e. The molecule has 1 N–H and O–H groups in total. The third-order valence-corrected chi connectivity index (χ3v) is 5.22. The summed E-state index contributed by atoms with van der Waals surface area (Å²) in [5, 5.41) is 3.84. The number of aryl methyl sites for hydroxylation is 1. The molecule has 1 atom stereocenters. The Balaban J connectivity index is 1.91. The molecule has 2 nitrogen and oxygen atoms in total. The monoisotopic (exact) mass is 258 g/mol. The number of hydrogen-bond donors (Lipinski definition) is 1. The zero-order chi connectivity index (χ0) is 13.5. The lowest BCUT2D eigenvalue weighted by atomic mass is 9.91. The highest BCUT2D eigenvalue weighted by Crippen LogP contribution is 2.36. The molecule has 1 aliphatic carbocycles. The molecule has 0 aromatic heterocycles. The first kappa shape index (κ1) is 13.0.